The molecule has 1 aromatic rings. The van der Waals surface area contributed by atoms with Gasteiger partial charge in [0.2, 0.25) is 0 Å². The first-order chi connectivity index (χ1) is 6.27. The van der Waals surface area contributed by atoms with E-state index in [9.17, 15) is 4.79 Å². The first-order valence-corrected chi connectivity index (χ1v) is 4.33. The third-order valence-electron chi connectivity index (χ3n) is 2.11. The van der Waals surface area contributed by atoms with Gasteiger partial charge in [-0.2, -0.15) is 0 Å². The van der Waals surface area contributed by atoms with Gasteiger partial charge in [-0.05, 0) is 12.5 Å². The number of fused-ring (bicyclic) bond motifs is 1. The molecule has 0 saturated carbocycles. The maximum Gasteiger partial charge on any atom is 0.166 e. The van der Waals surface area contributed by atoms with Crippen molar-refractivity contribution in [1.29, 1.82) is 0 Å². The number of rotatable bonds is 0. The SMILES string of the molecule is [B]c1ccc2c(c1)C(=O)CCCO2. The summed E-state index contributed by atoms with van der Waals surface area (Å²) in [6.45, 7) is 0.614. The van der Waals surface area contributed by atoms with Crippen molar-refractivity contribution in [2.45, 2.75) is 12.8 Å². The van der Waals surface area contributed by atoms with E-state index in [1.54, 1.807) is 18.2 Å². The Labute approximate surface area is 78.3 Å². The standard InChI is InChI=1S/C10H9BO2/c11-7-3-4-10-8(6-7)9(12)2-1-5-13-10/h3-4,6H,1-2,5H2. The number of ketones is 1. The highest BCUT2D eigenvalue weighted by Crippen LogP contribution is 2.22. The molecule has 0 amide bonds. The third kappa shape index (κ3) is 1.59. The van der Waals surface area contributed by atoms with E-state index in [1.807, 2.05) is 0 Å². The van der Waals surface area contributed by atoms with Crippen molar-refractivity contribution >= 4 is 19.1 Å². The Hall–Kier alpha value is -1.25. The Morgan fingerprint density at radius 3 is 3.08 bits per heavy atom. The summed E-state index contributed by atoms with van der Waals surface area (Å²) in [4.78, 5) is 11.5. The van der Waals surface area contributed by atoms with E-state index >= 15 is 0 Å². The molecule has 0 bridgehead atoms. The Morgan fingerprint density at radius 1 is 1.38 bits per heavy atom. The lowest BCUT2D eigenvalue weighted by atomic mass is 9.92. The van der Waals surface area contributed by atoms with Crippen molar-refractivity contribution in [3.63, 3.8) is 0 Å². The average Bonchev–Trinajstić information content (AvgIpc) is 2.29. The summed E-state index contributed by atoms with van der Waals surface area (Å²) in [7, 11) is 5.59. The fourth-order valence-electron chi connectivity index (χ4n) is 1.44. The average molecular weight is 172 g/mol. The van der Waals surface area contributed by atoms with Crippen LogP contribution in [0.1, 0.15) is 23.2 Å². The van der Waals surface area contributed by atoms with Gasteiger partial charge in [0.15, 0.2) is 5.78 Å². The van der Waals surface area contributed by atoms with Crippen LogP contribution in [-0.4, -0.2) is 20.2 Å². The quantitative estimate of drug-likeness (QED) is 0.542. The molecular weight excluding hydrogens is 163 g/mol. The first kappa shape index (κ1) is 8.36. The van der Waals surface area contributed by atoms with Crippen LogP contribution in [-0.2, 0) is 0 Å². The van der Waals surface area contributed by atoms with Crippen LogP contribution >= 0.6 is 0 Å². The molecule has 2 nitrogen and oxygen atoms in total. The summed E-state index contributed by atoms with van der Waals surface area (Å²) in [6.07, 6.45) is 1.34. The molecule has 0 unspecified atom stereocenters. The summed E-state index contributed by atoms with van der Waals surface area (Å²) in [5, 5.41) is 0. The molecule has 13 heavy (non-hydrogen) atoms. The van der Waals surface area contributed by atoms with Crippen LogP contribution in [0.4, 0.5) is 0 Å². The predicted octanol–water partition coefficient (Wildman–Crippen LogP) is 0.836. The fourth-order valence-corrected chi connectivity index (χ4v) is 1.44. The molecule has 0 fully saturated rings. The van der Waals surface area contributed by atoms with E-state index in [2.05, 4.69) is 0 Å². The molecule has 0 saturated heterocycles. The van der Waals surface area contributed by atoms with Crippen molar-refractivity contribution in [3.8, 4) is 5.75 Å². The van der Waals surface area contributed by atoms with Crippen LogP contribution in [0.25, 0.3) is 0 Å². The molecule has 2 radical (unpaired) electrons. The molecule has 64 valence electrons. The molecule has 3 heteroatoms. The largest absolute Gasteiger partial charge is 0.493 e. The van der Waals surface area contributed by atoms with Crippen molar-refractivity contribution in [3.05, 3.63) is 23.8 Å². The number of ether oxygens (including phenoxy) is 1. The van der Waals surface area contributed by atoms with Crippen LogP contribution < -0.4 is 10.2 Å². The topological polar surface area (TPSA) is 26.3 Å². The van der Waals surface area contributed by atoms with E-state index in [-0.39, 0.29) is 5.78 Å². The van der Waals surface area contributed by atoms with Gasteiger partial charge in [0.25, 0.3) is 0 Å². The minimum absolute atomic E-state index is 0.125. The van der Waals surface area contributed by atoms with Gasteiger partial charge >= 0.3 is 0 Å². The second-order valence-corrected chi connectivity index (χ2v) is 3.13. The normalized spacial score (nSPS) is 15.8. The molecule has 0 atom stereocenters. The lowest BCUT2D eigenvalue weighted by Crippen LogP contribution is -2.07. The second kappa shape index (κ2) is 3.25. The molecule has 1 aliphatic heterocycles. The Balaban J connectivity index is 2.49. The predicted molar refractivity (Wildman–Crippen MR) is 50.9 cm³/mol. The van der Waals surface area contributed by atoms with Crippen molar-refractivity contribution in [2.75, 3.05) is 6.61 Å². The van der Waals surface area contributed by atoms with Gasteiger partial charge in [0.05, 0.1) is 12.2 Å². The zero-order chi connectivity index (χ0) is 9.26. The number of hydrogen-bond acceptors (Lipinski definition) is 2. The van der Waals surface area contributed by atoms with E-state index in [0.717, 1.165) is 6.42 Å². The molecule has 2 rings (SSSR count). The van der Waals surface area contributed by atoms with Gasteiger partial charge in [0, 0.05) is 6.42 Å². The molecule has 0 N–H and O–H groups in total. The summed E-state index contributed by atoms with van der Waals surface area (Å²) < 4.78 is 5.40. The molecule has 1 aliphatic rings. The molecule has 0 aliphatic carbocycles. The van der Waals surface area contributed by atoms with E-state index in [1.165, 1.54) is 0 Å². The first-order valence-electron chi connectivity index (χ1n) is 4.33. The van der Waals surface area contributed by atoms with Gasteiger partial charge in [-0.25, -0.2) is 0 Å². The summed E-state index contributed by atoms with van der Waals surface area (Å²) in [5.74, 6) is 0.788. The van der Waals surface area contributed by atoms with Gasteiger partial charge < -0.3 is 4.74 Å². The van der Waals surface area contributed by atoms with Crippen LogP contribution in [0.5, 0.6) is 5.75 Å². The van der Waals surface area contributed by atoms with Gasteiger partial charge in [-0.3, -0.25) is 4.79 Å². The summed E-state index contributed by atoms with van der Waals surface area (Å²) in [6, 6.07) is 5.19. The number of hydrogen-bond donors (Lipinski definition) is 0. The zero-order valence-electron chi connectivity index (χ0n) is 7.25. The minimum Gasteiger partial charge on any atom is -0.493 e. The second-order valence-electron chi connectivity index (χ2n) is 3.13. The van der Waals surface area contributed by atoms with Crippen molar-refractivity contribution < 1.29 is 9.53 Å². The molecule has 0 spiro atoms. The Kier molecular flexibility index (Phi) is 2.09. The van der Waals surface area contributed by atoms with Crippen LogP contribution in [0.2, 0.25) is 0 Å². The maximum atomic E-state index is 11.5. The summed E-state index contributed by atoms with van der Waals surface area (Å²) >= 11 is 0. The highest BCUT2D eigenvalue weighted by Gasteiger charge is 2.15. The van der Waals surface area contributed by atoms with Gasteiger partial charge in [-0.15, -0.1) is 0 Å². The number of carbonyl (C=O) groups excluding carboxylic acids is 1. The monoisotopic (exact) mass is 172 g/mol. The lowest BCUT2D eigenvalue weighted by molar-refractivity contribution is 0.0983. The van der Waals surface area contributed by atoms with E-state index in [0.29, 0.717) is 29.8 Å². The zero-order valence-corrected chi connectivity index (χ0v) is 7.25. The van der Waals surface area contributed by atoms with Crippen LogP contribution in [0, 0.1) is 0 Å². The van der Waals surface area contributed by atoms with E-state index < -0.39 is 0 Å². The van der Waals surface area contributed by atoms with Crippen LogP contribution in [0.3, 0.4) is 0 Å². The van der Waals surface area contributed by atoms with Crippen LogP contribution in [0.15, 0.2) is 18.2 Å². The Morgan fingerprint density at radius 2 is 2.23 bits per heavy atom. The third-order valence-corrected chi connectivity index (χ3v) is 2.11. The molecule has 1 heterocycles. The molecular formula is C10H9BO2. The summed E-state index contributed by atoms with van der Waals surface area (Å²) in [5.41, 5.74) is 1.23. The minimum atomic E-state index is 0.125. The molecule has 1 aromatic carbocycles. The highest BCUT2D eigenvalue weighted by atomic mass is 16.5. The maximum absolute atomic E-state index is 11.5. The lowest BCUT2D eigenvalue weighted by Gasteiger charge is -2.05. The van der Waals surface area contributed by atoms with Crippen molar-refractivity contribution in [1.82, 2.24) is 0 Å². The number of benzene rings is 1. The highest BCUT2D eigenvalue weighted by molar-refractivity contribution is 6.32. The number of Topliss-reactive ketones (excluding diaryl/α,β-unsaturated/α-hetero) is 1. The fraction of sp³-hybridized carbons (Fsp3) is 0.300. The Bertz CT molecular complexity index is 347. The van der Waals surface area contributed by atoms with Gasteiger partial charge in [-0.1, -0.05) is 17.6 Å². The number of carbonyl (C=O) groups is 1. The van der Waals surface area contributed by atoms with E-state index in [4.69, 9.17) is 12.6 Å². The van der Waals surface area contributed by atoms with Crippen molar-refractivity contribution in [2.24, 2.45) is 0 Å². The molecule has 0 aromatic heterocycles. The smallest absolute Gasteiger partial charge is 0.166 e. The van der Waals surface area contributed by atoms with Gasteiger partial charge in [0.1, 0.15) is 13.6 Å².